The van der Waals surface area contributed by atoms with Gasteiger partial charge in [0.15, 0.2) is 11.6 Å². The third-order valence-electron chi connectivity index (χ3n) is 3.05. The Morgan fingerprint density at radius 3 is 2.19 bits per heavy atom. The summed E-state index contributed by atoms with van der Waals surface area (Å²) in [5, 5.41) is 0. The lowest BCUT2D eigenvalue weighted by Gasteiger charge is -2.30. The van der Waals surface area contributed by atoms with E-state index >= 15 is 0 Å². The Morgan fingerprint density at radius 2 is 1.71 bits per heavy atom. The molecule has 0 unspecified atom stereocenters. The quantitative estimate of drug-likeness (QED) is 0.726. The van der Waals surface area contributed by atoms with Crippen LogP contribution in [0.3, 0.4) is 0 Å². The summed E-state index contributed by atoms with van der Waals surface area (Å²) in [6.07, 6.45) is 0.848. The summed E-state index contributed by atoms with van der Waals surface area (Å²) in [4.78, 5) is 2.23. The van der Waals surface area contributed by atoms with E-state index in [-0.39, 0.29) is 0 Å². The third kappa shape index (κ3) is 5.44. The number of ether oxygens (including phenoxy) is 1. The van der Waals surface area contributed by atoms with Crippen molar-refractivity contribution in [2.75, 3.05) is 30.3 Å². The average Bonchev–Trinajstić information content (AvgIpc) is 2.36. The van der Waals surface area contributed by atoms with E-state index in [1.165, 1.54) is 6.07 Å². The van der Waals surface area contributed by atoms with E-state index in [2.05, 4.69) is 32.6 Å². The predicted molar refractivity (Wildman–Crippen MR) is 88.5 cm³/mol. The minimum absolute atomic E-state index is 0.290. The number of anilines is 2. The van der Waals surface area contributed by atoms with Gasteiger partial charge in [-0.1, -0.05) is 34.6 Å². The summed E-state index contributed by atoms with van der Waals surface area (Å²) in [5.41, 5.74) is 7.37. The molecule has 1 aromatic rings. The molecule has 2 N–H and O–H groups in total. The van der Waals surface area contributed by atoms with Crippen LogP contribution in [0.15, 0.2) is 12.1 Å². The second-order valence-corrected chi connectivity index (χ2v) is 6.38. The van der Waals surface area contributed by atoms with Gasteiger partial charge in [0.1, 0.15) is 0 Å². The summed E-state index contributed by atoms with van der Waals surface area (Å²) in [6.45, 7) is 13.0. The molecule has 0 aliphatic rings. The normalized spacial score (nSPS) is 11.2. The van der Waals surface area contributed by atoms with Gasteiger partial charge in [-0.05, 0) is 18.3 Å². The average molecular weight is 296 g/mol. The predicted octanol–water partition coefficient (Wildman–Crippen LogP) is 4.32. The lowest BCUT2D eigenvalue weighted by Crippen LogP contribution is -2.32. The zero-order valence-corrected chi connectivity index (χ0v) is 13.9. The monoisotopic (exact) mass is 296 g/mol. The summed E-state index contributed by atoms with van der Waals surface area (Å²) in [6, 6.07) is 3.11. The van der Waals surface area contributed by atoms with E-state index in [1.807, 2.05) is 6.92 Å². The molecule has 1 aromatic carbocycles. The van der Waals surface area contributed by atoms with Crippen LogP contribution in [-0.2, 0) is 0 Å². The fourth-order valence-electron chi connectivity index (χ4n) is 2.31. The van der Waals surface area contributed by atoms with E-state index in [0.717, 1.165) is 25.2 Å². The number of hydrogen-bond acceptors (Lipinski definition) is 3. The Bertz CT molecular complexity index is 437. The number of nitrogens with two attached hydrogens (primary N) is 1. The Balaban J connectivity index is 3.10. The second-order valence-electron chi connectivity index (χ2n) is 6.38. The fraction of sp³-hybridized carbons (Fsp3) is 0.647. The van der Waals surface area contributed by atoms with Crippen molar-refractivity contribution in [3.8, 4) is 5.75 Å². The molecule has 0 fully saturated rings. The lowest BCUT2D eigenvalue weighted by atomic mass is 10.1. The zero-order valence-electron chi connectivity index (χ0n) is 13.9. The SMILES string of the molecule is CCCOc1cc(N(CC(C)C)CC(C)C)c(N)cc1F. The molecule has 0 saturated heterocycles. The van der Waals surface area contributed by atoms with E-state index in [4.69, 9.17) is 10.5 Å². The highest BCUT2D eigenvalue weighted by atomic mass is 19.1. The van der Waals surface area contributed by atoms with Gasteiger partial charge >= 0.3 is 0 Å². The summed E-state index contributed by atoms with van der Waals surface area (Å²) in [5.74, 6) is 0.915. The molecule has 0 atom stereocenters. The molecular weight excluding hydrogens is 267 g/mol. The number of rotatable bonds is 8. The molecule has 0 radical (unpaired) electrons. The molecule has 4 heteroatoms. The van der Waals surface area contributed by atoms with Crippen LogP contribution in [0.5, 0.6) is 5.75 Å². The Morgan fingerprint density at radius 1 is 1.14 bits per heavy atom. The largest absolute Gasteiger partial charge is 0.490 e. The lowest BCUT2D eigenvalue weighted by molar-refractivity contribution is 0.301. The maximum Gasteiger partial charge on any atom is 0.167 e. The van der Waals surface area contributed by atoms with Crippen LogP contribution in [0.25, 0.3) is 0 Å². The molecular formula is C17H29FN2O. The number of benzene rings is 1. The second kappa shape index (κ2) is 8.11. The molecule has 0 heterocycles. The zero-order chi connectivity index (χ0) is 16.0. The molecule has 0 aromatic heterocycles. The molecule has 0 amide bonds. The Kier molecular flexibility index (Phi) is 6.79. The number of nitrogen functional groups attached to an aromatic ring is 1. The van der Waals surface area contributed by atoms with Crippen molar-refractivity contribution in [1.82, 2.24) is 0 Å². The van der Waals surface area contributed by atoms with E-state index in [9.17, 15) is 4.39 Å². The van der Waals surface area contributed by atoms with Crippen molar-refractivity contribution < 1.29 is 9.13 Å². The maximum atomic E-state index is 13.9. The fourth-order valence-corrected chi connectivity index (χ4v) is 2.31. The van der Waals surface area contributed by atoms with Gasteiger partial charge in [-0.15, -0.1) is 0 Å². The maximum absolute atomic E-state index is 13.9. The van der Waals surface area contributed by atoms with Gasteiger partial charge in [0.05, 0.1) is 18.0 Å². The van der Waals surface area contributed by atoms with Crippen molar-refractivity contribution in [2.45, 2.75) is 41.0 Å². The molecule has 0 bridgehead atoms. The van der Waals surface area contributed by atoms with Gasteiger partial charge in [-0.2, -0.15) is 0 Å². The first kappa shape index (κ1) is 17.6. The van der Waals surface area contributed by atoms with Crippen molar-refractivity contribution in [3.63, 3.8) is 0 Å². The van der Waals surface area contributed by atoms with E-state index in [0.29, 0.717) is 29.9 Å². The first-order valence-corrected chi connectivity index (χ1v) is 7.81. The van der Waals surface area contributed by atoms with Gasteiger partial charge < -0.3 is 15.4 Å². The molecule has 0 spiro atoms. The van der Waals surface area contributed by atoms with Gasteiger partial charge in [0.25, 0.3) is 0 Å². The third-order valence-corrected chi connectivity index (χ3v) is 3.05. The van der Waals surface area contributed by atoms with Crippen LogP contribution in [0.1, 0.15) is 41.0 Å². The smallest absolute Gasteiger partial charge is 0.167 e. The van der Waals surface area contributed by atoms with Crippen molar-refractivity contribution in [2.24, 2.45) is 11.8 Å². The molecule has 0 aliphatic heterocycles. The number of nitrogens with zero attached hydrogens (tertiary/aromatic N) is 1. The van der Waals surface area contributed by atoms with Crippen molar-refractivity contribution in [1.29, 1.82) is 0 Å². The highest BCUT2D eigenvalue weighted by Gasteiger charge is 2.17. The molecule has 1 rings (SSSR count). The van der Waals surface area contributed by atoms with Crippen molar-refractivity contribution >= 4 is 11.4 Å². The number of halogens is 1. The summed E-state index contributed by atoms with van der Waals surface area (Å²) >= 11 is 0. The molecule has 120 valence electrons. The highest BCUT2D eigenvalue weighted by Crippen LogP contribution is 2.32. The van der Waals surface area contributed by atoms with E-state index in [1.54, 1.807) is 6.07 Å². The van der Waals surface area contributed by atoms with Gasteiger partial charge in [0, 0.05) is 25.2 Å². The van der Waals surface area contributed by atoms with Crippen LogP contribution in [0.4, 0.5) is 15.8 Å². The van der Waals surface area contributed by atoms with Gasteiger partial charge in [-0.25, -0.2) is 4.39 Å². The Labute approximate surface area is 128 Å². The summed E-state index contributed by atoms with van der Waals surface area (Å²) in [7, 11) is 0. The van der Waals surface area contributed by atoms with Gasteiger partial charge in [0.2, 0.25) is 0 Å². The first-order chi connectivity index (χ1) is 9.85. The minimum Gasteiger partial charge on any atom is -0.490 e. The highest BCUT2D eigenvalue weighted by molar-refractivity contribution is 5.70. The van der Waals surface area contributed by atoms with Crippen LogP contribution < -0.4 is 15.4 Å². The van der Waals surface area contributed by atoms with Crippen LogP contribution >= 0.6 is 0 Å². The number of hydrogen-bond donors (Lipinski definition) is 1. The van der Waals surface area contributed by atoms with Crippen LogP contribution in [0.2, 0.25) is 0 Å². The Hall–Kier alpha value is -1.45. The van der Waals surface area contributed by atoms with Crippen molar-refractivity contribution in [3.05, 3.63) is 17.9 Å². The van der Waals surface area contributed by atoms with Crippen LogP contribution in [-0.4, -0.2) is 19.7 Å². The standard InChI is InChI=1S/C17H29FN2O/c1-6-7-21-17-9-16(15(19)8-14(17)18)20(10-12(2)3)11-13(4)5/h8-9,12-13H,6-7,10-11,19H2,1-5H3. The van der Waals surface area contributed by atoms with Gasteiger partial charge in [-0.3, -0.25) is 0 Å². The molecule has 0 aliphatic carbocycles. The van der Waals surface area contributed by atoms with Crippen LogP contribution in [0, 0.1) is 17.7 Å². The molecule has 21 heavy (non-hydrogen) atoms. The topological polar surface area (TPSA) is 38.5 Å². The minimum atomic E-state index is -0.390. The first-order valence-electron chi connectivity index (χ1n) is 7.81. The molecule has 3 nitrogen and oxygen atoms in total. The summed E-state index contributed by atoms with van der Waals surface area (Å²) < 4.78 is 19.4. The van der Waals surface area contributed by atoms with E-state index < -0.39 is 5.82 Å². The molecule has 0 saturated carbocycles.